The van der Waals surface area contributed by atoms with Crippen LogP contribution in [0.3, 0.4) is 0 Å². The van der Waals surface area contributed by atoms with Crippen molar-refractivity contribution in [1.82, 2.24) is 0 Å². The molecule has 0 bridgehead atoms. The molecule has 0 saturated carbocycles. The van der Waals surface area contributed by atoms with Gasteiger partial charge in [0.2, 0.25) is 0 Å². The minimum absolute atomic E-state index is 0.124. The van der Waals surface area contributed by atoms with Crippen LogP contribution in [0.4, 0.5) is 8.78 Å². The van der Waals surface area contributed by atoms with Crippen molar-refractivity contribution in [3.8, 4) is 17.2 Å². The number of ketones is 1. The molecule has 27 heavy (non-hydrogen) atoms. The first-order valence-corrected chi connectivity index (χ1v) is 8.11. The van der Waals surface area contributed by atoms with E-state index in [0.717, 1.165) is 0 Å². The summed E-state index contributed by atoms with van der Waals surface area (Å²) in [5.74, 6) is 0.362. The molecular formula is C20H20F2O5. The van der Waals surface area contributed by atoms with Gasteiger partial charge in [-0.3, -0.25) is 4.79 Å². The van der Waals surface area contributed by atoms with Crippen molar-refractivity contribution in [3.05, 3.63) is 59.7 Å². The van der Waals surface area contributed by atoms with Gasteiger partial charge in [-0.25, -0.2) is 0 Å². The molecule has 144 valence electrons. The summed E-state index contributed by atoms with van der Waals surface area (Å²) in [4.78, 5) is 12.3. The minimum atomic E-state index is -3.00. The van der Waals surface area contributed by atoms with Crippen LogP contribution in [0.1, 0.15) is 15.9 Å². The zero-order chi connectivity index (χ0) is 19.6. The Kier molecular flexibility index (Phi) is 7.76. The molecule has 0 atom stereocenters. The number of methoxy groups -OCH3 is 2. The topological polar surface area (TPSA) is 54.0 Å². The molecule has 0 aromatic heterocycles. The van der Waals surface area contributed by atoms with Crippen LogP contribution < -0.4 is 14.2 Å². The number of halogens is 2. The lowest BCUT2D eigenvalue weighted by Crippen LogP contribution is -2.05. The van der Waals surface area contributed by atoms with E-state index in [4.69, 9.17) is 14.2 Å². The van der Waals surface area contributed by atoms with Gasteiger partial charge in [-0.15, -0.1) is 0 Å². The Morgan fingerprint density at radius 1 is 1.07 bits per heavy atom. The van der Waals surface area contributed by atoms with Gasteiger partial charge in [-0.1, -0.05) is 12.1 Å². The second-order valence-corrected chi connectivity index (χ2v) is 5.32. The van der Waals surface area contributed by atoms with Crippen molar-refractivity contribution in [2.45, 2.75) is 6.61 Å². The van der Waals surface area contributed by atoms with E-state index in [1.807, 2.05) is 0 Å². The lowest BCUT2D eigenvalue weighted by Gasteiger charge is -2.12. The lowest BCUT2D eigenvalue weighted by atomic mass is 10.1. The predicted octanol–water partition coefficient (Wildman–Crippen LogP) is 4.22. The summed E-state index contributed by atoms with van der Waals surface area (Å²) in [5.41, 5.74) is 0.743. The highest BCUT2D eigenvalue weighted by molar-refractivity contribution is 6.07. The molecule has 0 spiro atoms. The summed E-state index contributed by atoms with van der Waals surface area (Å²) in [5, 5.41) is 0. The third-order valence-electron chi connectivity index (χ3n) is 3.55. The van der Waals surface area contributed by atoms with Gasteiger partial charge in [0.15, 0.2) is 17.3 Å². The maximum absolute atomic E-state index is 12.6. The van der Waals surface area contributed by atoms with E-state index in [2.05, 4.69) is 4.74 Å². The number of alkyl halides is 2. The molecule has 0 unspecified atom stereocenters. The van der Waals surface area contributed by atoms with Crippen LogP contribution in [-0.2, 0) is 4.74 Å². The molecule has 0 radical (unpaired) electrons. The number of ether oxygens (including phenoxy) is 4. The highest BCUT2D eigenvalue weighted by Crippen LogP contribution is 2.33. The van der Waals surface area contributed by atoms with Crippen molar-refractivity contribution >= 4 is 11.9 Å². The van der Waals surface area contributed by atoms with Gasteiger partial charge < -0.3 is 18.9 Å². The van der Waals surface area contributed by atoms with Gasteiger partial charge in [0.1, 0.15) is 12.4 Å². The Bertz CT molecular complexity index is 772. The lowest BCUT2D eigenvalue weighted by molar-refractivity contribution is -0.0513. The molecule has 2 aromatic carbocycles. The molecule has 0 amide bonds. The standard InChI is InChI=1S/C20H20F2O5/c1-24-12-13-26-16-9-6-14(7-10-16)17(23)11-8-15-4-3-5-18(25-2)19(15)27-20(21)22/h3-11,20H,12-13H2,1-2H3/b11-8+. The average molecular weight is 378 g/mol. The third-order valence-corrected chi connectivity index (χ3v) is 3.55. The first-order chi connectivity index (χ1) is 13.0. The van der Waals surface area contributed by atoms with Crippen LogP contribution in [0.5, 0.6) is 17.2 Å². The first-order valence-electron chi connectivity index (χ1n) is 8.11. The molecule has 0 aliphatic rings. The maximum atomic E-state index is 12.6. The molecular weight excluding hydrogens is 358 g/mol. The van der Waals surface area contributed by atoms with Crippen molar-refractivity contribution in [1.29, 1.82) is 0 Å². The van der Waals surface area contributed by atoms with Crippen LogP contribution in [0, 0.1) is 0 Å². The van der Waals surface area contributed by atoms with Gasteiger partial charge >= 0.3 is 6.61 Å². The Morgan fingerprint density at radius 3 is 2.44 bits per heavy atom. The summed E-state index contributed by atoms with van der Waals surface area (Å²) in [7, 11) is 2.93. The third kappa shape index (κ3) is 6.07. The van der Waals surface area contributed by atoms with Crippen LogP contribution in [0.2, 0.25) is 0 Å². The second kappa shape index (κ2) is 10.3. The summed E-state index contributed by atoms with van der Waals surface area (Å²) >= 11 is 0. The molecule has 5 nitrogen and oxygen atoms in total. The number of allylic oxidation sites excluding steroid dienone is 1. The summed E-state index contributed by atoms with van der Waals surface area (Å²) < 4.78 is 45.2. The van der Waals surface area contributed by atoms with Crippen LogP contribution in [0.15, 0.2) is 48.5 Å². The zero-order valence-corrected chi connectivity index (χ0v) is 15.0. The number of hydrogen-bond acceptors (Lipinski definition) is 5. The maximum Gasteiger partial charge on any atom is 0.387 e. The monoisotopic (exact) mass is 378 g/mol. The predicted molar refractivity (Wildman–Crippen MR) is 96.8 cm³/mol. The van der Waals surface area contributed by atoms with Crippen molar-refractivity contribution in [2.75, 3.05) is 27.4 Å². The summed E-state index contributed by atoms with van der Waals surface area (Å²) in [6.07, 6.45) is 2.69. The first kappa shape index (κ1) is 20.4. The largest absolute Gasteiger partial charge is 0.493 e. The van der Waals surface area contributed by atoms with E-state index in [1.165, 1.54) is 25.3 Å². The van der Waals surface area contributed by atoms with E-state index in [1.54, 1.807) is 43.5 Å². The van der Waals surface area contributed by atoms with Gasteiger partial charge in [0, 0.05) is 18.2 Å². The van der Waals surface area contributed by atoms with E-state index in [9.17, 15) is 13.6 Å². The molecule has 7 heteroatoms. The van der Waals surface area contributed by atoms with E-state index in [-0.39, 0.29) is 17.3 Å². The molecule has 0 aliphatic carbocycles. The van der Waals surface area contributed by atoms with Crippen LogP contribution >= 0.6 is 0 Å². The Hall–Kier alpha value is -2.93. The van der Waals surface area contributed by atoms with Gasteiger partial charge in [0.05, 0.1) is 13.7 Å². The van der Waals surface area contributed by atoms with Gasteiger partial charge in [-0.05, 0) is 42.5 Å². The second-order valence-electron chi connectivity index (χ2n) is 5.32. The minimum Gasteiger partial charge on any atom is -0.493 e. The Balaban J connectivity index is 2.12. The zero-order valence-electron chi connectivity index (χ0n) is 15.0. The normalized spacial score (nSPS) is 11.0. The highest BCUT2D eigenvalue weighted by atomic mass is 19.3. The van der Waals surface area contributed by atoms with Crippen LogP contribution in [0.25, 0.3) is 6.08 Å². The molecule has 0 aliphatic heterocycles. The molecule has 0 heterocycles. The molecule has 0 fully saturated rings. The highest BCUT2D eigenvalue weighted by Gasteiger charge is 2.14. The number of carbonyl (C=O) groups excluding carboxylic acids is 1. The fourth-order valence-electron chi connectivity index (χ4n) is 2.26. The summed E-state index contributed by atoms with van der Waals surface area (Å²) in [6, 6.07) is 11.3. The smallest absolute Gasteiger partial charge is 0.387 e. The van der Waals surface area contributed by atoms with E-state index in [0.29, 0.717) is 30.1 Å². The molecule has 2 rings (SSSR count). The fraction of sp³-hybridized carbons (Fsp3) is 0.250. The number of rotatable bonds is 10. The Morgan fingerprint density at radius 2 is 1.81 bits per heavy atom. The van der Waals surface area contributed by atoms with Crippen molar-refractivity contribution < 1.29 is 32.5 Å². The van der Waals surface area contributed by atoms with Gasteiger partial charge in [0.25, 0.3) is 0 Å². The SMILES string of the molecule is COCCOc1ccc(C(=O)/C=C/c2cccc(OC)c2OC(F)F)cc1. The van der Waals surface area contributed by atoms with Crippen molar-refractivity contribution in [3.63, 3.8) is 0 Å². The van der Waals surface area contributed by atoms with Crippen LogP contribution in [-0.4, -0.2) is 39.8 Å². The molecule has 0 N–H and O–H groups in total. The fourth-order valence-corrected chi connectivity index (χ4v) is 2.26. The number of benzene rings is 2. The van der Waals surface area contributed by atoms with E-state index < -0.39 is 6.61 Å². The van der Waals surface area contributed by atoms with E-state index >= 15 is 0 Å². The molecule has 2 aromatic rings. The quantitative estimate of drug-likeness (QED) is 0.352. The number of hydrogen-bond donors (Lipinski definition) is 0. The number of para-hydroxylation sites is 1. The Labute approximate surface area is 156 Å². The van der Waals surface area contributed by atoms with Gasteiger partial charge in [-0.2, -0.15) is 8.78 Å². The summed E-state index contributed by atoms with van der Waals surface area (Å²) in [6.45, 7) is -2.13. The molecule has 0 saturated heterocycles. The average Bonchev–Trinajstić information content (AvgIpc) is 2.67. The van der Waals surface area contributed by atoms with Crippen molar-refractivity contribution in [2.24, 2.45) is 0 Å². The number of carbonyl (C=O) groups is 1.